The van der Waals surface area contributed by atoms with Gasteiger partial charge in [-0.2, -0.15) is 0 Å². The maximum Gasteiger partial charge on any atom is 0.306 e. The van der Waals surface area contributed by atoms with E-state index >= 15 is 0 Å². The summed E-state index contributed by atoms with van der Waals surface area (Å²) in [5.74, 6) is -0.965. The van der Waals surface area contributed by atoms with Gasteiger partial charge in [-0.3, -0.25) is 14.4 Å². The van der Waals surface area contributed by atoms with Gasteiger partial charge in [0.25, 0.3) is 0 Å². The molecule has 0 aromatic rings. The van der Waals surface area contributed by atoms with Crippen molar-refractivity contribution in [1.82, 2.24) is 0 Å². The normalized spacial score (nSPS) is 12.7. The zero-order chi connectivity index (χ0) is 45.8. The minimum Gasteiger partial charge on any atom is -0.462 e. The summed E-state index contributed by atoms with van der Waals surface area (Å²) in [6, 6.07) is 0. The Morgan fingerprint density at radius 1 is 0.349 bits per heavy atom. The van der Waals surface area contributed by atoms with Crippen LogP contribution in [0.15, 0.2) is 85.1 Å². The minimum atomic E-state index is -0.802. The van der Waals surface area contributed by atoms with E-state index in [1.54, 1.807) is 0 Å². The van der Waals surface area contributed by atoms with Crippen molar-refractivity contribution in [3.8, 4) is 0 Å². The molecule has 0 rings (SSSR count). The predicted octanol–water partition coefficient (Wildman–Crippen LogP) is 17.2. The molecule has 0 N–H and O–H groups in total. The second kappa shape index (κ2) is 51.2. The Balaban J connectivity index is 4.46. The van der Waals surface area contributed by atoms with Gasteiger partial charge >= 0.3 is 17.9 Å². The van der Waals surface area contributed by atoms with Crippen LogP contribution in [0.5, 0.6) is 0 Å². The fourth-order valence-electron chi connectivity index (χ4n) is 6.98. The Morgan fingerprint density at radius 3 is 1.16 bits per heavy atom. The van der Waals surface area contributed by atoms with E-state index in [0.717, 1.165) is 103 Å². The van der Waals surface area contributed by atoms with E-state index in [2.05, 4.69) is 106 Å². The van der Waals surface area contributed by atoms with E-state index in [1.807, 2.05) is 0 Å². The molecule has 1 unspecified atom stereocenters. The lowest BCUT2D eigenvalue weighted by Crippen LogP contribution is -2.30. The number of esters is 3. The van der Waals surface area contributed by atoms with E-state index in [9.17, 15) is 14.4 Å². The van der Waals surface area contributed by atoms with E-state index in [0.29, 0.717) is 19.3 Å². The minimum absolute atomic E-state index is 0.102. The van der Waals surface area contributed by atoms with E-state index in [4.69, 9.17) is 14.2 Å². The molecule has 6 heteroatoms. The molecule has 0 aliphatic rings. The van der Waals surface area contributed by atoms with Crippen LogP contribution in [0.2, 0.25) is 0 Å². The van der Waals surface area contributed by atoms with Gasteiger partial charge in [0.15, 0.2) is 6.10 Å². The molecule has 0 aromatic heterocycles. The highest BCUT2D eigenvalue weighted by Crippen LogP contribution is 2.14. The number of hydrogen-bond donors (Lipinski definition) is 0. The molecule has 0 aliphatic carbocycles. The molecular weight excluding hydrogens is 781 g/mol. The highest BCUT2D eigenvalue weighted by molar-refractivity contribution is 5.71. The van der Waals surface area contributed by atoms with Crippen molar-refractivity contribution in [1.29, 1.82) is 0 Å². The molecule has 0 amide bonds. The van der Waals surface area contributed by atoms with Gasteiger partial charge in [0.1, 0.15) is 13.2 Å². The molecule has 0 heterocycles. The Hall–Kier alpha value is -3.41. The monoisotopic (exact) mass is 877 g/mol. The highest BCUT2D eigenvalue weighted by Gasteiger charge is 2.19. The average molecular weight is 877 g/mol. The van der Waals surface area contributed by atoms with Crippen LogP contribution in [0.25, 0.3) is 0 Å². The van der Waals surface area contributed by atoms with Crippen molar-refractivity contribution in [2.24, 2.45) is 0 Å². The number of carbonyl (C=O) groups is 3. The third-order valence-electron chi connectivity index (χ3n) is 10.9. The number of carbonyl (C=O) groups excluding carboxylic acids is 3. The highest BCUT2D eigenvalue weighted by atomic mass is 16.6. The largest absolute Gasteiger partial charge is 0.462 e. The molecule has 0 fully saturated rings. The third kappa shape index (κ3) is 49.5. The Labute approximate surface area is 388 Å². The predicted molar refractivity (Wildman–Crippen MR) is 270 cm³/mol. The summed E-state index contributed by atoms with van der Waals surface area (Å²) in [7, 11) is 0. The average Bonchev–Trinajstić information content (AvgIpc) is 3.28. The smallest absolute Gasteiger partial charge is 0.306 e. The van der Waals surface area contributed by atoms with E-state index < -0.39 is 6.10 Å². The van der Waals surface area contributed by atoms with Crippen molar-refractivity contribution in [3.63, 3.8) is 0 Å². The molecule has 360 valence electrons. The maximum absolute atomic E-state index is 12.8. The van der Waals surface area contributed by atoms with E-state index in [1.165, 1.54) is 96.3 Å². The van der Waals surface area contributed by atoms with Crippen molar-refractivity contribution in [2.75, 3.05) is 13.2 Å². The van der Waals surface area contributed by atoms with Crippen LogP contribution in [0, 0.1) is 0 Å². The van der Waals surface area contributed by atoms with Crippen LogP contribution in [-0.2, 0) is 28.6 Å². The first kappa shape index (κ1) is 59.6. The maximum atomic E-state index is 12.8. The number of allylic oxidation sites excluding steroid dienone is 14. The summed E-state index contributed by atoms with van der Waals surface area (Å²) < 4.78 is 16.7. The molecule has 0 saturated heterocycles. The number of hydrogen-bond acceptors (Lipinski definition) is 6. The number of rotatable bonds is 46. The van der Waals surface area contributed by atoms with Crippen molar-refractivity contribution in [2.45, 2.75) is 245 Å². The van der Waals surface area contributed by atoms with Gasteiger partial charge in [0.2, 0.25) is 0 Å². The van der Waals surface area contributed by atoms with Crippen molar-refractivity contribution < 1.29 is 28.6 Å². The summed E-state index contributed by atoms with van der Waals surface area (Å²) in [5, 5.41) is 0. The standard InChI is InChI=1S/C57H96O6/c1-4-7-10-13-16-19-22-25-27-28-29-31-32-35-38-41-44-47-50-56(59)62-53-54(52-61-55(58)49-46-43-40-37-34-24-21-18-15-12-9-6-3)63-57(60)51-48-45-42-39-36-33-30-26-23-20-17-14-11-8-5-2/h9,12,18,20-23,25,27-29,31,34,37,54H,4-8,10-11,13-17,19,24,26,30,32-33,35-36,38-53H2,1-3H3/b12-9-,21-18-,23-20-,25-22-,28-27-,31-29-,37-34-. The van der Waals surface area contributed by atoms with Gasteiger partial charge in [-0.1, -0.05) is 202 Å². The van der Waals surface area contributed by atoms with Gasteiger partial charge in [-0.05, 0) is 103 Å². The molecule has 0 aliphatic heterocycles. The number of unbranched alkanes of at least 4 members (excludes halogenated alkanes) is 23. The van der Waals surface area contributed by atoms with Gasteiger partial charge in [0.05, 0.1) is 0 Å². The number of ether oxygens (including phenoxy) is 3. The van der Waals surface area contributed by atoms with Gasteiger partial charge in [-0.25, -0.2) is 0 Å². The van der Waals surface area contributed by atoms with Gasteiger partial charge in [0, 0.05) is 19.3 Å². The van der Waals surface area contributed by atoms with Crippen LogP contribution in [0.4, 0.5) is 0 Å². The molecule has 0 spiro atoms. The Morgan fingerprint density at radius 2 is 0.683 bits per heavy atom. The Kier molecular flexibility index (Phi) is 48.5. The second-order valence-electron chi connectivity index (χ2n) is 17.1. The van der Waals surface area contributed by atoms with Crippen LogP contribution >= 0.6 is 0 Å². The molecule has 0 aromatic carbocycles. The molecule has 0 radical (unpaired) electrons. The fraction of sp³-hybridized carbons (Fsp3) is 0.702. The summed E-state index contributed by atoms with van der Waals surface area (Å²) >= 11 is 0. The molecule has 6 nitrogen and oxygen atoms in total. The molecule has 0 bridgehead atoms. The first-order valence-corrected chi connectivity index (χ1v) is 26.1. The topological polar surface area (TPSA) is 78.9 Å². The second-order valence-corrected chi connectivity index (χ2v) is 17.1. The lowest BCUT2D eigenvalue weighted by molar-refractivity contribution is -0.167. The van der Waals surface area contributed by atoms with Crippen molar-refractivity contribution in [3.05, 3.63) is 85.1 Å². The first-order valence-electron chi connectivity index (χ1n) is 26.1. The molecule has 0 saturated carbocycles. The van der Waals surface area contributed by atoms with Crippen LogP contribution < -0.4 is 0 Å². The van der Waals surface area contributed by atoms with Gasteiger partial charge < -0.3 is 14.2 Å². The zero-order valence-corrected chi connectivity index (χ0v) is 41.1. The Bertz CT molecular complexity index is 1240. The third-order valence-corrected chi connectivity index (χ3v) is 10.9. The van der Waals surface area contributed by atoms with Crippen LogP contribution in [-0.4, -0.2) is 37.2 Å². The van der Waals surface area contributed by atoms with Gasteiger partial charge in [-0.15, -0.1) is 0 Å². The fourth-order valence-corrected chi connectivity index (χ4v) is 6.98. The lowest BCUT2D eigenvalue weighted by Gasteiger charge is -2.18. The zero-order valence-electron chi connectivity index (χ0n) is 41.1. The van der Waals surface area contributed by atoms with Crippen LogP contribution in [0.1, 0.15) is 239 Å². The summed E-state index contributed by atoms with van der Waals surface area (Å²) in [6.07, 6.45) is 65.7. The van der Waals surface area contributed by atoms with Crippen LogP contribution in [0.3, 0.4) is 0 Å². The SMILES string of the molecule is CC/C=C\C/C=C\C/C=C\CCCCC(=O)OCC(COC(=O)CCCCCCC\C=C/C=C\C=C/CCCCCCC)OC(=O)CCCCCCCCC/C=C\CCCCCC. The first-order chi connectivity index (χ1) is 31.0. The lowest BCUT2D eigenvalue weighted by atomic mass is 10.1. The van der Waals surface area contributed by atoms with E-state index in [-0.39, 0.29) is 31.1 Å². The van der Waals surface area contributed by atoms with Crippen molar-refractivity contribution >= 4 is 17.9 Å². The molecule has 1 atom stereocenters. The molecular formula is C57H96O6. The quantitative estimate of drug-likeness (QED) is 0.0199. The summed E-state index contributed by atoms with van der Waals surface area (Å²) in [4.78, 5) is 38.0. The summed E-state index contributed by atoms with van der Waals surface area (Å²) in [5.41, 5.74) is 0. The summed E-state index contributed by atoms with van der Waals surface area (Å²) in [6.45, 7) is 6.43. The molecule has 63 heavy (non-hydrogen) atoms.